The minimum absolute atomic E-state index is 0.0778. The van der Waals surface area contributed by atoms with Gasteiger partial charge >= 0.3 is 0 Å². The normalized spacial score (nSPS) is 16.7. The molecule has 3 rings (SSSR count). The van der Waals surface area contributed by atoms with Gasteiger partial charge in [-0.1, -0.05) is 18.7 Å². The highest BCUT2D eigenvalue weighted by Gasteiger charge is 2.24. The van der Waals surface area contributed by atoms with Crippen LogP contribution in [0.25, 0.3) is 0 Å². The summed E-state index contributed by atoms with van der Waals surface area (Å²) in [6, 6.07) is 2.28. The number of nitriles is 1. The summed E-state index contributed by atoms with van der Waals surface area (Å²) in [5, 5.41) is 15.1. The molecule has 1 aliphatic carbocycles. The lowest BCUT2D eigenvalue weighted by atomic mass is 9.89. The van der Waals surface area contributed by atoms with Gasteiger partial charge in [-0.15, -0.1) is 22.7 Å². The molecule has 1 aliphatic rings. The average Bonchev–Trinajstić information content (AvgIpc) is 3.07. The Balaban J connectivity index is 1.67. The third-order valence-corrected chi connectivity index (χ3v) is 7.11. The summed E-state index contributed by atoms with van der Waals surface area (Å²) < 4.78 is 0.900. The van der Waals surface area contributed by atoms with Gasteiger partial charge in [-0.25, -0.2) is 4.98 Å². The number of amides is 1. The second kappa shape index (κ2) is 7.04. The highest BCUT2D eigenvalue weighted by molar-refractivity contribution is 8.01. The lowest BCUT2D eigenvalue weighted by Gasteiger charge is -2.17. The van der Waals surface area contributed by atoms with Crippen LogP contribution in [0.3, 0.4) is 0 Å². The van der Waals surface area contributed by atoms with Gasteiger partial charge in [0.25, 0.3) is 0 Å². The Kier molecular flexibility index (Phi) is 5.05. The Morgan fingerprint density at radius 3 is 3.13 bits per heavy atom. The van der Waals surface area contributed by atoms with Crippen molar-refractivity contribution in [3.05, 3.63) is 27.1 Å². The number of thiophene rings is 1. The van der Waals surface area contributed by atoms with Gasteiger partial charge in [-0.2, -0.15) is 5.26 Å². The van der Waals surface area contributed by atoms with E-state index in [0.29, 0.717) is 22.2 Å². The molecule has 1 atom stereocenters. The fourth-order valence-electron chi connectivity index (χ4n) is 2.65. The molecule has 0 radical (unpaired) electrons. The number of thioether (sulfide) groups is 1. The molecular weight excluding hydrogens is 346 g/mol. The number of nitrogens with one attached hydrogen (secondary N) is 1. The number of carbonyl (C=O) groups is 1. The van der Waals surface area contributed by atoms with Gasteiger partial charge < -0.3 is 5.32 Å². The summed E-state index contributed by atoms with van der Waals surface area (Å²) in [6.07, 6.45) is 3.07. The fourth-order valence-corrected chi connectivity index (χ4v) is 5.67. The average molecular weight is 364 g/mol. The van der Waals surface area contributed by atoms with E-state index in [1.807, 2.05) is 12.3 Å². The molecule has 0 saturated heterocycles. The monoisotopic (exact) mass is 363 g/mol. The van der Waals surface area contributed by atoms with E-state index >= 15 is 0 Å². The summed E-state index contributed by atoms with van der Waals surface area (Å²) in [4.78, 5) is 17.8. The molecule has 0 aliphatic heterocycles. The minimum Gasteiger partial charge on any atom is -0.316 e. The lowest BCUT2D eigenvalue weighted by molar-refractivity contribution is -0.113. The molecule has 23 heavy (non-hydrogen) atoms. The molecule has 0 aromatic carbocycles. The molecule has 120 valence electrons. The van der Waals surface area contributed by atoms with E-state index in [-0.39, 0.29) is 5.91 Å². The van der Waals surface area contributed by atoms with Gasteiger partial charge in [-0.05, 0) is 37.7 Å². The quantitative estimate of drug-likeness (QED) is 0.825. The molecule has 1 amide bonds. The smallest absolute Gasteiger partial charge is 0.235 e. The van der Waals surface area contributed by atoms with E-state index in [1.54, 1.807) is 22.7 Å². The first kappa shape index (κ1) is 16.5. The first-order chi connectivity index (χ1) is 11.1. The van der Waals surface area contributed by atoms with Crippen LogP contribution in [-0.2, 0) is 17.6 Å². The summed E-state index contributed by atoms with van der Waals surface area (Å²) in [7, 11) is 0. The number of nitrogens with zero attached hydrogens (tertiary/aromatic N) is 2. The first-order valence-electron chi connectivity index (χ1n) is 7.46. The van der Waals surface area contributed by atoms with E-state index in [0.717, 1.165) is 34.9 Å². The summed E-state index contributed by atoms with van der Waals surface area (Å²) >= 11 is 4.55. The van der Waals surface area contributed by atoms with E-state index in [9.17, 15) is 10.1 Å². The summed E-state index contributed by atoms with van der Waals surface area (Å²) in [6.45, 7) is 4.18. The van der Waals surface area contributed by atoms with Crippen molar-refractivity contribution in [2.24, 2.45) is 5.92 Å². The number of anilines is 1. The van der Waals surface area contributed by atoms with Crippen molar-refractivity contribution in [2.75, 3.05) is 11.1 Å². The number of carbonyl (C=O) groups excluding carboxylic acids is 1. The summed E-state index contributed by atoms with van der Waals surface area (Å²) in [5.41, 5.74) is 2.79. The van der Waals surface area contributed by atoms with Crippen molar-refractivity contribution in [1.82, 2.24) is 4.98 Å². The van der Waals surface area contributed by atoms with Crippen LogP contribution in [-0.4, -0.2) is 16.6 Å². The van der Waals surface area contributed by atoms with Gasteiger partial charge in [0, 0.05) is 16.0 Å². The Morgan fingerprint density at radius 2 is 2.43 bits per heavy atom. The van der Waals surface area contributed by atoms with Crippen LogP contribution in [0.1, 0.15) is 35.0 Å². The highest BCUT2D eigenvalue weighted by Crippen LogP contribution is 2.39. The van der Waals surface area contributed by atoms with Crippen LogP contribution in [0.5, 0.6) is 0 Å². The SMILES string of the molecule is Cc1csc(SCC(=O)Nc2sc3c(c2C#N)CC[C@@H](C)C3)n1. The predicted octanol–water partition coefficient (Wildman–Crippen LogP) is 4.24. The maximum Gasteiger partial charge on any atom is 0.235 e. The van der Waals surface area contributed by atoms with Crippen LogP contribution in [0.4, 0.5) is 5.00 Å². The molecule has 4 nitrogen and oxygen atoms in total. The Hall–Kier alpha value is -1.36. The Bertz CT molecular complexity index is 772. The van der Waals surface area contributed by atoms with Crippen molar-refractivity contribution < 1.29 is 4.79 Å². The largest absolute Gasteiger partial charge is 0.316 e. The van der Waals surface area contributed by atoms with Crippen molar-refractivity contribution in [3.8, 4) is 6.07 Å². The van der Waals surface area contributed by atoms with Gasteiger partial charge in [0.2, 0.25) is 5.91 Å². The fraction of sp³-hybridized carbons (Fsp3) is 0.438. The minimum atomic E-state index is -0.0778. The number of aryl methyl sites for hydroxylation is 1. The maximum atomic E-state index is 12.2. The molecule has 0 bridgehead atoms. The predicted molar refractivity (Wildman–Crippen MR) is 96.4 cm³/mol. The van der Waals surface area contributed by atoms with E-state index in [4.69, 9.17) is 0 Å². The molecule has 0 saturated carbocycles. The molecule has 0 spiro atoms. The van der Waals surface area contributed by atoms with Crippen LogP contribution in [0, 0.1) is 24.2 Å². The Morgan fingerprint density at radius 1 is 1.61 bits per heavy atom. The van der Waals surface area contributed by atoms with Crippen molar-refractivity contribution >= 4 is 45.3 Å². The second-order valence-electron chi connectivity index (χ2n) is 5.76. The van der Waals surface area contributed by atoms with Crippen LogP contribution < -0.4 is 5.32 Å². The molecule has 7 heteroatoms. The summed E-state index contributed by atoms with van der Waals surface area (Å²) in [5.74, 6) is 0.891. The third kappa shape index (κ3) is 3.77. The van der Waals surface area contributed by atoms with Crippen molar-refractivity contribution in [1.29, 1.82) is 5.26 Å². The van der Waals surface area contributed by atoms with Crippen LogP contribution >= 0.6 is 34.4 Å². The van der Waals surface area contributed by atoms with Gasteiger partial charge in [-0.3, -0.25) is 4.79 Å². The number of fused-ring (bicyclic) bond motifs is 1. The van der Waals surface area contributed by atoms with Gasteiger partial charge in [0.1, 0.15) is 11.1 Å². The highest BCUT2D eigenvalue weighted by atomic mass is 32.2. The number of thiazole rings is 1. The first-order valence-corrected chi connectivity index (χ1v) is 10.1. The molecule has 2 aromatic rings. The lowest BCUT2D eigenvalue weighted by Crippen LogP contribution is -2.14. The number of aromatic nitrogens is 1. The van der Waals surface area contributed by atoms with E-state index in [1.165, 1.54) is 16.6 Å². The van der Waals surface area contributed by atoms with Gasteiger partial charge in [0.05, 0.1) is 11.3 Å². The van der Waals surface area contributed by atoms with Gasteiger partial charge in [0.15, 0.2) is 4.34 Å². The molecular formula is C16H17N3OS3. The Labute approximate surface area is 147 Å². The zero-order valence-corrected chi connectivity index (χ0v) is 15.5. The molecule has 2 aromatic heterocycles. The number of hydrogen-bond donors (Lipinski definition) is 1. The zero-order chi connectivity index (χ0) is 16.4. The maximum absolute atomic E-state index is 12.2. The molecule has 1 N–H and O–H groups in total. The van der Waals surface area contributed by atoms with Crippen LogP contribution in [0.15, 0.2) is 9.72 Å². The zero-order valence-electron chi connectivity index (χ0n) is 13.0. The standard InChI is InChI=1S/C16H17N3OS3/c1-9-3-4-11-12(6-17)15(23-13(11)5-9)19-14(20)8-22-16-18-10(2)7-21-16/h7,9H,3-5,8H2,1-2H3,(H,19,20)/t9-/m1/s1. The number of hydrogen-bond acceptors (Lipinski definition) is 6. The second-order valence-corrected chi connectivity index (χ2v) is 8.95. The number of rotatable bonds is 4. The van der Waals surface area contributed by atoms with Crippen LogP contribution in [0.2, 0.25) is 0 Å². The molecule has 0 unspecified atom stereocenters. The topological polar surface area (TPSA) is 65.8 Å². The molecule has 0 fully saturated rings. The van der Waals surface area contributed by atoms with Crippen molar-refractivity contribution in [2.45, 2.75) is 37.4 Å². The third-order valence-electron chi connectivity index (χ3n) is 3.80. The van der Waals surface area contributed by atoms with E-state index in [2.05, 4.69) is 23.3 Å². The van der Waals surface area contributed by atoms with E-state index < -0.39 is 0 Å². The molecule has 2 heterocycles. The van der Waals surface area contributed by atoms with Crippen molar-refractivity contribution in [3.63, 3.8) is 0 Å².